The molecule has 3 heterocycles. The Kier molecular flexibility index (Phi) is 4.68. The summed E-state index contributed by atoms with van der Waals surface area (Å²) in [6, 6.07) is 10.7. The van der Waals surface area contributed by atoms with Crippen molar-refractivity contribution in [2.24, 2.45) is 5.92 Å². The third-order valence-electron chi connectivity index (χ3n) is 5.12. The Bertz CT molecular complexity index is 853. The van der Waals surface area contributed by atoms with Gasteiger partial charge in [0.25, 0.3) is 5.78 Å². The number of aromatic nitrogens is 4. The molecule has 1 fully saturated rings. The van der Waals surface area contributed by atoms with Gasteiger partial charge < -0.3 is 0 Å². The second kappa shape index (κ2) is 7.10. The number of aryl methyl sites for hydroxylation is 1. The molecule has 0 amide bonds. The molecule has 1 aliphatic rings. The molecule has 6 heteroatoms. The standard InChI is InChI=1S/C19H22ClN5/c1-14-17(18(20)25-19(23-14)21-13-22-25)11-15-7-9-24(10-8-15)12-16-5-3-2-4-6-16/h2-6,13,15H,7-12H2,1H3. The van der Waals surface area contributed by atoms with Gasteiger partial charge in [-0.1, -0.05) is 41.9 Å². The fourth-order valence-corrected chi connectivity index (χ4v) is 3.99. The van der Waals surface area contributed by atoms with Crippen molar-refractivity contribution >= 4 is 17.4 Å². The van der Waals surface area contributed by atoms with Crippen molar-refractivity contribution in [1.29, 1.82) is 0 Å². The molecule has 1 aliphatic heterocycles. The largest absolute Gasteiger partial charge is 0.299 e. The highest BCUT2D eigenvalue weighted by atomic mass is 35.5. The van der Waals surface area contributed by atoms with Gasteiger partial charge in [0.15, 0.2) is 0 Å². The number of fused-ring (bicyclic) bond motifs is 1. The molecule has 25 heavy (non-hydrogen) atoms. The van der Waals surface area contributed by atoms with E-state index in [-0.39, 0.29) is 0 Å². The van der Waals surface area contributed by atoms with Gasteiger partial charge in [0.2, 0.25) is 0 Å². The van der Waals surface area contributed by atoms with E-state index in [1.54, 1.807) is 4.52 Å². The average molecular weight is 356 g/mol. The highest BCUT2D eigenvalue weighted by Crippen LogP contribution is 2.27. The van der Waals surface area contributed by atoms with Crippen molar-refractivity contribution in [3.8, 4) is 0 Å². The molecule has 1 saturated heterocycles. The smallest absolute Gasteiger partial charge is 0.253 e. The van der Waals surface area contributed by atoms with Gasteiger partial charge in [0.05, 0.1) is 0 Å². The van der Waals surface area contributed by atoms with Crippen LogP contribution in [0.3, 0.4) is 0 Å². The van der Waals surface area contributed by atoms with Crippen LogP contribution in [-0.4, -0.2) is 37.6 Å². The van der Waals surface area contributed by atoms with Crippen molar-refractivity contribution in [2.45, 2.75) is 32.7 Å². The molecular weight excluding hydrogens is 334 g/mol. The van der Waals surface area contributed by atoms with E-state index in [2.05, 4.69) is 50.3 Å². The first-order chi connectivity index (χ1) is 12.2. The summed E-state index contributed by atoms with van der Waals surface area (Å²) in [6.07, 6.45) is 4.85. The highest BCUT2D eigenvalue weighted by molar-refractivity contribution is 6.30. The molecule has 3 aromatic rings. The molecule has 5 nitrogen and oxygen atoms in total. The molecule has 0 spiro atoms. The van der Waals surface area contributed by atoms with Crippen LogP contribution >= 0.6 is 11.6 Å². The molecule has 0 aliphatic carbocycles. The Labute approximate surface area is 152 Å². The molecule has 4 rings (SSSR count). The van der Waals surface area contributed by atoms with Crippen molar-refractivity contribution in [3.63, 3.8) is 0 Å². The summed E-state index contributed by atoms with van der Waals surface area (Å²) in [7, 11) is 0. The van der Waals surface area contributed by atoms with Gasteiger partial charge in [-0.2, -0.15) is 14.6 Å². The van der Waals surface area contributed by atoms with E-state index in [4.69, 9.17) is 11.6 Å². The average Bonchev–Trinajstić information content (AvgIpc) is 3.09. The van der Waals surface area contributed by atoms with Gasteiger partial charge in [-0.3, -0.25) is 4.90 Å². The summed E-state index contributed by atoms with van der Waals surface area (Å²) < 4.78 is 1.63. The maximum atomic E-state index is 6.55. The van der Waals surface area contributed by atoms with E-state index in [1.807, 2.05) is 6.92 Å². The third-order valence-corrected chi connectivity index (χ3v) is 5.51. The zero-order valence-electron chi connectivity index (χ0n) is 14.4. The zero-order chi connectivity index (χ0) is 17.2. The number of likely N-dealkylation sites (tertiary alicyclic amines) is 1. The Balaban J connectivity index is 1.40. The molecule has 2 aromatic heterocycles. The Hall–Kier alpha value is -1.98. The van der Waals surface area contributed by atoms with Gasteiger partial charge in [-0.05, 0) is 50.8 Å². The topological polar surface area (TPSA) is 46.3 Å². The number of rotatable bonds is 4. The second-order valence-corrected chi connectivity index (χ2v) is 7.21. The van der Waals surface area contributed by atoms with Crippen LogP contribution in [-0.2, 0) is 13.0 Å². The predicted molar refractivity (Wildman–Crippen MR) is 98.7 cm³/mol. The monoisotopic (exact) mass is 355 g/mol. The summed E-state index contributed by atoms with van der Waals surface area (Å²) in [5.74, 6) is 1.22. The van der Waals surface area contributed by atoms with Crippen molar-refractivity contribution in [1.82, 2.24) is 24.5 Å². The first-order valence-electron chi connectivity index (χ1n) is 8.81. The normalized spacial score (nSPS) is 16.6. The van der Waals surface area contributed by atoms with Crippen molar-refractivity contribution in [2.75, 3.05) is 13.1 Å². The number of piperidine rings is 1. The minimum absolute atomic E-state index is 0.573. The predicted octanol–water partition coefficient (Wildman–Crippen LogP) is 3.54. The molecule has 0 N–H and O–H groups in total. The Morgan fingerprint density at radius 3 is 2.68 bits per heavy atom. The van der Waals surface area contributed by atoms with Crippen LogP contribution in [0, 0.1) is 12.8 Å². The van der Waals surface area contributed by atoms with E-state index in [9.17, 15) is 0 Å². The quantitative estimate of drug-likeness (QED) is 0.671. The molecular formula is C19H22ClN5. The summed E-state index contributed by atoms with van der Waals surface area (Å²) >= 11 is 6.55. The van der Waals surface area contributed by atoms with Gasteiger partial charge >= 0.3 is 0 Å². The number of hydrogen-bond donors (Lipinski definition) is 0. The van der Waals surface area contributed by atoms with Crippen LogP contribution < -0.4 is 0 Å². The van der Waals surface area contributed by atoms with Crippen LogP contribution in [0.1, 0.15) is 29.7 Å². The van der Waals surface area contributed by atoms with E-state index in [0.29, 0.717) is 16.8 Å². The SMILES string of the molecule is Cc1nc2ncnn2c(Cl)c1CC1CCN(Cc2ccccc2)CC1. The lowest BCUT2D eigenvalue weighted by Gasteiger charge is -2.32. The van der Waals surface area contributed by atoms with Crippen LogP contribution in [0.5, 0.6) is 0 Å². The fraction of sp³-hybridized carbons (Fsp3) is 0.421. The molecule has 0 bridgehead atoms. The van der Waals surface area contributed by atoms with Gasteiger partial charge in [0.1, 0.15) is 11.5 Å². The number of nitrogens with zero attached hydrogens (tertiary/aromatic N) is 5. The first kappa shape index (κ1) is 16.5. The molecule has 0 radical (unpaired) electrons. The number of benzene rings is 1. The summed E-state index contributed by atoms with van der Waals surface area (Å²) in [4.78, 5) is 11.2. The zero-order valence-corrected chi connectivity index (χ0v) is 15.2. The molecule has 0 atom stereocenters. The molecule has 130 valence electrons. The van der Waals surface area contributed by atoms with E-state index in [0.717, 1.165) is 37.3 Å². The maximum absolute atomic E-state index is 6.55. The first-order valence-corrected chi connectivity index (χ1v) is 9.19. The van der Waals surface area contributed by atoms with Gasteiger partial charge in [0, 0.05) is 17.8 Å². The summed E-state index contributed by atoms with van der Waals surface area (Å²) in [5, 5.41) is 4.83. The van der Waals surface area contributed by atoms with E-state index >= 15 is 0 Å². The fourth-order valence-electron chi connectivity index (χ4n) is 3.66. The second-order valence-electron chi connectivity index (χ2n) is 6.85. The lowest BCUT2D eigenvalue weighted by atomic mass is 9.90. The minimum Gasteiger partial charge on any atom is -0.299 e. The van der Waals surface area contributed by atoms with Crippen LogP contribution in [0.25, 0.3) is 5.78 Å². The molecule has 1 aromatic carbocycles. The lowest BCUT2D eigenvalue weighted by Crippen LogP contribution is -2.34. The summed E-state index contributed by atoms with van der Waals surface area (Å²) in [6.45, 7) is 5.32. The highest BCUT2D eigenvalue weighted by Gasteiger charge is 2.22. The number of halogens is 1. The lowest BCUT2D eigenvalue weighted by molar-refractivity contribution is 0.177. The minimum atomic E-state index is 0.573. The Morgan fingerprint density at radius 2 is 1.92 bits per heavy atom. The molecule has 0 saturated carbocycles. The third kappa shape index (κ3) is 3.53. The van der Waals surface area contributed by atoms with Crippen LogP contribution in [0.2, 0.25) is 5.15 Å². The van der Waals surface area contributed by atoms with E-state index < -0.39 is 0 Å². The van der Waals surface area contributed by atoms with Gasteiger partial charge in [-0.15, -0.1) is 0 Å². The van der Waals surface area contributed by atoms with E-state index in [1.165, 1.54) is 24.7 Å². The van der Waals surface area contributed by atoms with Crippen molar-refractivity contribution in [3.05, 3.63) is 58.6 Å². The summed E-state index contributed by atoms with van der Waals surface area (Å²) in [5.41, 5.74) is 3.47. The van der Waals surface area contributed by atoms with Crippen molar-refractivity contribution < 1.29 is 0 Å². The van der Waals surface area contributed by atoms with Crippen LogP contribution in [0.15, 0.2) is 36.7 Å². The van der Waals surface area contributed by atoms with Gasteiger partial charge in [-0.25, -0.2) is 4.98 Å². The number of hydrogen-bond acceptors (Lipinski definition) is 4. The van der Waals surface area contributed by atoms with Crippen LogP contribution in [0.4, 0.5) is 0 Å². The Morgan fingerprint density at radius 1 is 1.16 bits per heavy atom. The maximum Gasteiger partial charge on any atom is 0.253 e. The molecule has 0 unspecified atom stereocenters.